The van der Waals surface area contributed by atoms with Crippen molar-refractivity contribution < 1.29 is 9.90 Å². The maximum atomic E-state index is 11.7. The van der Waals surface area contributed by atoms with Gasteiger partial charge in [-0.25, -0.2) is 0 Å². The van der Waals surface area contributed by atoms with E-state index < -0.39 is 0 Å². The lowest BCUT2D eigenvalue weighted by Crippen LogP contribution is -2.02. The van der Waals surface area contributed by atoms with Gasteiger partial charge in [0, 0.05) is 18.2 Å². The van der Waals surface area contributed by atoms with Crippen LogP contribution in [0.2, 0.25) is 0 Å². The molecule has 1 fully saturated rings. The molecule has 2 rings (SSSR count). The number of phenolic OH excluding ortho intramolecular Hbond substituents is 1. The van der Waals surface area contributed by atoms with E-state index in [9.17, 15) is 9.90 Å². The molecule has 0 unspecified atom stereocenters. The second-order valence-electron chi connectivity index (χ2n) is 4.31. The normalized spacial score (nSPS) is 19.1. The van der Waals surface area contributed by atoms with E-state index in [4.69, 9.17) is 0 Å². The number of carbonyl (C=O) groups is 1. The number of aromatic hydroxyl groups is 1. The molecule has 0 saturated heterocycles. The topological polar surface area (TPSA) is 49.3 Å². The number of allylic oxidation sites excluding steroid dienone is 1. The highest BCUT2D eigenvalue weighted by Gasteiger charge is 2.13. The summed E-state index contributed by atoms with van der Waals surface area (Å²) in [5.74, 6) is 0.427. The van der Waals surface area contributed by atoms with Crippen LogP contribution >= 0.6 is 0 Å². The SMILES string of the molecule is O=C1CCCCC/C1=C\Nc1ccccc1O. The summed E-state index contributed by atoms with van der Waals surface area (Å²) in [5, 5.41) is 12.6. The van der Waals surface area contributed by atoms with Crippen molar-refractivity contribution in [3.63, 3.8) is 0 Å². The van der Waals surface area contributed by atoms with Crippen LogP contribution in [-0.2, 0) is 4.79 Å². The summed E-state index contributed by atoms with van der Waals surface area (Å²) in [6.07, 6.45) is 6.41. The summed E-state index contributed by atoms with van der Waals surface area (Å²) in [4.78, 5) is 11.7. The number of rotatable bonds is 2. The number of phenols is 1. The first-order valence-electron chi connectivity index (χ1n) is 6.04. The predicted octanol–water partition coefficient (Wildman–Crippen LogP) is 3.22. The highest BCUT2D eigenvalue weighted by molar-refractivity contribution is 5.95. The summed E-state index contributed by atoms with van der Waals surface area (Å²) in [7, 11) is 0. The fraction of sp³-hybridized carbons (Fsp3) is 0.357. The molecule has 17 heavy (non-hydrogen) atoms. The van der Waals surface area contributed by atoms with E-state index in [1.54, 1.807) is 24.4 Å². The van der Waals surface area contributed by atoms with E-state index >= 15 is 0 Å². The molecule has 1 aromatic rings. The minimum absolute atomic E-state index is 0.199. The van der Waals surface area contributed by atoms with Gasteiger partial charge in [0.25, 0.3) is 0 Å². The molecule has 1 saturated carbocycles. The number of hydrogen-bond acceptors (Lipinski definition) is 3. The summed E-state index contributed by atoms with van der Waals surface area (Å²) >= 11 is 0. The van der Waals surface area contributed by atoms with Gasteiger partial charge in [0.15, 0.2) is 5.78 Å². The molecule has 0 amide bonds. The van der Waals surface area contributed by atoms with Gasteiger partial charge >= 0.3 is 0 Å². The van der Waals surface area contributed by atoms with Crippen LogP contribution in [0.25, 0.3) is 0 Å². The smallest absolute Gasteiger partial charge is 0.160 e. The van der Waals surface area contributed by atoms with Gasteiger partial charge in [-0.15, -0.1) is 0 Å². The van der Waals surface area contributed by atoms with Crippen molar-refractivity contribution in [3.05, 3.63) is 36.0 Å². The van der Waals surface area contributed by atoms with Crippen LogP contribution < -0.4 is 5.32 Å². The van der Waals surface area contributed by atoms with Crippen LogP contribution in [0.1, 0.15) is 32.1 Å². The number of benzene rings is 1. The number of carbonyl (C=O) groups excluding carboxylic acids is 1. The lowest BCUT2D eigenvalue weighted by Gasteiger charge is -2.06. The van der Waals surface area contributed by atoms with Gasteiger partial charge in [-0.05, 0) is 31.4 Å². The summed E-state index contributed by atoms with van der Waals surface area (Å²) in [6, 6.07) is 7.02. The molecule has 2 N–H and O–H groups in total. The molecule has 1 aliphatic carbocycles. The maximum absolute atomic E-state index is 11.7. The Bertz CT molecular complexity index is 438. The number of Topliss-reactive ketones (excluding diaryl/α,β-unsaturated/α-hetero) is 1. The molecule has 3 heteroatoms. The van der Waals surface area contributed by atoms with Crippen molar-refractivity contribution in [2.75, 3.05) is 5.32 Å². The van der Waals surface area contributed by atoms with Crippen LogP contribution in [0.4, 0.5) is 5.69 Å². The van der Waals surface area contributed by atoms with E-state index in [-0.39, 0.29) is 11.5 Å². The molecule has 0 radical (unpaired) electrons. The zero-order valence-corrected chi connectivity index (χ0v) is 9.78. The molecular formula is C14H17NO2. The molecule has 0 bridgehead atoms. The van der Waals surface area contributed by atoms with Gasteiger partial charge < -0.3 is 10.4 Å². The summed E-state index contributed by atoms with van der Waals surface area (Å²) in [6.45, 7) is 0. The van der Waals surface area contributed by atoms with Crippen molar-refractivity contribution in [3.8, 4) is 5.75 Å². The Balaban J connectivity index is 2.09. The van der Waals surface area contributed by atoms with E-state index in [0.717, 1.165) is 31.3 Å². The average molecular weight is 231 g/mol. The third kappa shape index (κ3) is 3.09. The monoisotopic (exact) mass is 231 g/mol. The number of anilines is 1. The third-order valence-electron chi connectivity index (χ3n) is 3.01. The zero-order chi connectivity index (χ0) is 12.1. The second-order valence-corrected chi connectivity index (χ2v) is 4.31. The van der Waals surface area contributed by atoms with Gasteiger partial charge in [-0.1, -0.05) is 18.6 Å². The highest BCUT2D eigenvalue weighted by atomic mass is 16.3. The Hall–Kier alpha value is -1.77. The van der Waals surface area contributed by atoms with Crippen LogP contribution in [0.3, 0.4) is 0 Å². The fourth-order valence-corrected chi connectivity index (χ4v) is 1.99. The molecule has 3 nitrogen and oxygen atoms in total. The average Bonchev–Trinajstić information content (AvgIpc) is 2.53. The predicted molar refractivity (Wildman–Crippen MR) is 67.9 cm³/mol. The van der Waals surface area contributed by atoms with Crippen LogP contribution in [0.5, 0.6) is 5.75 Å². The molecule has 0 aromatic heterocycles. The van der Waals surface area contributed by atoms with Crippen molar-refractivity contribution in [1.82, 2.24) is 0 Å². The number of ketones is 1. The van der Waals surface area contributed by atoms with Gasteiger partial charge in [0.1, 0.15) is 5.75 Å². The maximum Gasteiger partial charge on any atom is 0.160 e. The first-order chi connectivity index (χ1) is 8.27. The highest BCUT2D eigenvalue weighted by Crippen LogP contribution is 2.23. The van der Waals surface area contributed by atoms with E-state index in [1.165, 1.54) is 0 Å². The second kappa shape index (κ2) is 5.53. The minimum atomic E-state index is 0.199. The molecule has 90 valence electrons. The number of para-hydroxylation sites is 2. The van der Waals surface area contributed by atoms with E-state index in [1.807, 2.05) is 6.07 Å². The van der Waals surface area contributed by atoms with Crippen LogP contribution in [-0.4, -0.2) is 10.9 Å². The molecule has 0 spiro atoms. The standard InChI is InChI=1S/C14H17NO2/c16-13-8-3-1-2-6-11(13)10-15-12-7-4-5-9-14(12)17/h4-5,7,9-10,15,17H,1-3,6,8H2/b11-10+. The molecule has 0 heterocycles. The van der Waals surface area contributed by atoms with E-state index in [2.05, 4.69) is 5.32 Å². The lowest BCUT2D eigenvalue weighted by molar-refractivity contribution is -0.115. The molecule has 1 aliphatic rings. The minimum Gasteiger partial charge on any atom is -0.506 e. The number of hydrogen-bond donors (Lipinski definition) is 2. The van der Waals surface area contributed by atoms with Crippen molar-refractivity contribution >= 4 is 11.5 Å². The van der Waals surface area contributed by atoms with Gasteiger partial charge in [-0.2, -0.15) is 0 Å². The largest absolute Gasteiger partial charge is 0.506 e. The summed E-state index contributed by atoms with van der Waals surface area (Å²) in [5.41, 5.74) is 1.47. The Morgan fingerprint density at radius 2 is 1.88 bits per heavy atom. The Labute approximate surface area is 101 Å². The Kier molecular flexibility index (Phi) is 3.81. The number of nitrogens with one attached hydrogen (secondary N) is 1. The van der Waals surface area contributed by atoms with Crippen molar-refractivity contribution in [2.45, 2.75) is 32.1 Å². The fourth-order valence-electron chi connectivity index (χ4n) is 1.99. The van der Waals surface area contributed by atoms with Crippen molar-refractivity contribution in [1.29, 1.82) is 0 Å². The zero-order valence-electron chi connectivity index (χ0n) is 9.78. The summed E-state index contributed by atoms with van der Waals surface area (Å²) < 4.78 is 0. The lowest BCUT2D eigenvalue weighted by atomic mass is 10.1. The van der Waals surface area contributed by atoms with Gasteiger partial charge in [0.05, 0.1) is 5.69 Å². The van der Waals surface area contributed by atoms with Gasteiger partial charge in [-0.3, -0.25) is 4.79 Å². The van der Waals surface area contributed by atoms with Crippen LogP contribution in [0, 0.1) is 0 Å². The first-order valence-corrected chi connectivity index (χ1v) is 6.04. The van der Waals surface area contributed by atoms with Crippen molar-refractivity contribution in [2.24, 2.45) is 0 Å². The Morgan fingerprint density at radius 3 is 2.71 bits per heavy atom. The molecule has 0 aliphatic heterocycles. The van der Waals surface area contributed by atoms with Crippen LogP contribution in [0.15, 0.2) is 36.0 Å². The quantitative estimate of drug-likeness (QED) is 0.467. The molecule has 0 atom stereocenters. The Morgan fingerprint density at radius 1 is 1.12 bits per heavy atom. The third-order valence-corrected chi connectivity index (χ3v) is 3.01. The molecule has 1 aromatic carbocycles. The van der Waals surface area contributed by atoms with Gasteiger partial charge in [0.2, 0.25) is 0 Å². The van der Waals surface area contributed by atoms with E-state index in [0.29, 0.717) is 12.1 Å². The first kappa shape index (κ1) is 11.7. The molecular weight excluding hydrogens is 214 g/mol.